The fraction of sp³-hybridized carbons (Fsp3) is 0.500. The third-order valence-corrected chi connectivity index (χ3v) is 5.62. The lowest BCUT2D eigenvalue weighted by Gasteiger charge is -2.10. The highest BCUT2D eigenvalue weighted by Crippen LogP contribution is 2.47. The van der Waals surface area contributed by atoms with Gasteiger partial charge in [0.05, 0.1) is 10.6 Å². The van der Waals surface area contributed by atoms with Crippen molar-refractivity contribution in [2.24, 2.45) is 5.41 Å². The number of nitrogens with one attached hydrogen (secondary N) is 2. The van der Waals surface area contributed by atoms with Gasteiger partial charge in [0, 0.05) is 13.1 Å². The van der Waals surface area contributed by atoms with Crippen LogP contribution in [0.5, 0.6) is 0 Å². The normalized spacial score (nSPS) is 15.7. The molecule has 0 aromatic carbocycles. The number of thioether (sulfide) groups is 1. The number of hydrogen-bond acceptors (Lipinski definition) is 5. The Hall–Kier alpha value is -1.14. The van der Waals surface area contributed by atoms with Crippen molar-refractivity contribution in [3.63, 3.8) is 0 Å². The van der Waals surface area contributed by atoms with Crippen LogP contribution in [-0.2, 0) is 0 Å². The minimum atomic E-state index is -0.131. The van der Waals surface area contributed by atoms with Gasteiger partial charge < -0.3 is 16.4 Å². The fourth-order valence-corrected chi connectivity index (χ4v) is 3.79. The van der Waals surface area contributed by atoms with Gasteiger partial charge in [-0.2, -0.15) is 0 Å². The number of nitrogen functional groups attached to an aromatic ring is 1. The van der Waals surface area contributed by atoms with Crippen LogP contribution in [0, 0.1) is 5.41 Å². The summed E-state index contributed by atoms with van der Waals surface area (Å²) in [5.74, 6) is -0.131. The molecule has 1 aliphatic carbocycles. The third-order valence-electron chi connectivity index (χ3n) is 3.50. The first kappa shape index (κ1) is 15.3. The second kappa shape index (κ2) is 6.10. The molecule has 0 bridgehead atoms. The fourth-order valence-electron chi connectivity index (χ4n) is 1.85. The van der Waals surface area contributed by atoms with Gasteiger partial charge in [-0.1, -0.05) is 13.0 Å². The molecule has 1 aromatic heterocycles. The van der Waals surface area contributed by atoms with Crippen molar-refractivity contribution >= 4 is 39.7 Å². The molecule has 1 fully saturated rings. The zero-order valence-corrected chi connectivity index (χ0v) is 13.5. The highest BCUT2D eigenvalue weighted by atomic mass is 32.2. The van der Waals surface area contributed by atoms with E-state index in [0.717, 1.165) is 16.4 Å². The molecule has 2 rings (SSSR count). The maximum absolute atomic E-state index is 12.1. The van der Waals surface area contributed by atoms with Gasteiger partial charge in [-0.05, 0) is 24.5 Å². The van der Waals surface area contributed by atoms with E-state index in [1.165, 1.54) is 24.2 Å². The second-order valence-electron chi connectivity index (χ2n) is 5.37. The average Bonchev–Trinajstić information content (AvgIpc) is 3.07. The van der Waals surface area contributed by atoms with E-state index in [1.54, 1.807) is 17.8 Å². The number of rotatable bonds is 7. The van der Waals surface area contributed by atoms with Crippen LogP contribution >= 0.6 is 23.1 Å². The molecule has 1 aromatic rings. The molecule has 4 nitrogen and oxygen atoms in total. The monoisotopic (exact) mass is 311 g/mol. The maximum Gasteiger partial charge on any atom is 0.263 e. The number of thiophene rings is 1. The second-order valence-corrected chi connectivity index (χ2v) is 7.21. The van der Waals surface area contributed by atoms with Gasteiger partial charge in [0.25, 0.3) is 5.91 Å². The number of carbonyl (C=O) groups excluding carboxylic acids is 1. The molecule has 1 heterocycles. The highest BCUT2D eigenvalue weighted by molar-refractivity contribution is 7.99. The highest BCUT2D eigenvalue weighted by Gasteiger charge is 2.37. The van der Waals surface area contributed by atoms with E-state index in [0.29, 0.717) is 22.5 Å². The van der Waals surface area contributed by atoms with Gasteiger partial charge in [0.2, 0.25) is 0 Å². The minimum absolute atomic E-state index is 0.131. The van der Waals surface area contributed by atoms with Crippen LogP contribution < -0.4 is 16.4 Å². The zero-order valence-electron chi connectivity index (χ0n) is 11.9. The van der Waals surface area contributed by atoms with Gasteiger partial charge in [-0.15, -0.1) is 29.7 Å². The molecule has 0 saturated heterocycles. The molecule has 0 aliphatic heterocycles. The Morgan fingerprint density at radius 2 is 2.30 bits per heavy atom. The molecule has 0 spiro atoms. The molecule has 6 heteroatoms. The van der Waals surface area contributed by atoms with Crippen molar-refractivity contribution in [3.8, 4) is 0 Å². The summed E-state index contributed by atoms with van der Waals surface area (Å²) in [6.45, 7) is 7.25. The Balaban J connectivity index is 2.14. The third kappa shape index (κ3) is 3.30. The maximum atomic E-state index is 12.1. The smallest absolute Gasteiger partial charge is 0.263 e. The van der Waals surface area contributed by atoms with E-state index < -0.39 is 0 Å². The predicted octanol–water partition coefficient (Wildman–Crippen LogP) is 3.18. The van der Waals surface area contributed by atoms with Crippen molar-refractivity contribution in [3.05, 3.63) is 17.5 Å². The summed E-state index contributed by atoms with van der Waals surface area (Å²) in [7, 11) is 0. The van der Waals surface area contributed by atoms with Crippen LogP contribution in [0.2, 0.25) is 0 Å². The molecule has 4 N–H and O–H groups in total. The van der Waals surface area contributed by atoms with Gasteiger partial charge in [0.15, 0.2) is 0 Å². The molecule has 1 aliphatic rings. The Morgan fingerprint density at radius 1 is 1.60 bits per heavy atom. The number of amides is 1. The minimum Gasteiger partial charge on any atom is -0.396 e. The van der Waals surface area contributed by atoms with E-state index in [-0.39, 0.29) is 5.91 Å². The summed E-state index contributed by atoms with van der Waals surface area (Å²) in [6.07, 6.45) is 6.17. The van der Waals surface area contributed by atoms with Gasteiger partial charge >= 0.3 is 0 Å². The average molecular weight is 311 g/mol. The molecule has 0 unspecified atom stereocenters. The predicted molar refractivity (Wildman–Crippen MR) is 88.9 cm³/mol. The molecule has 0 atom stereocenters. The first-order valence-corrected chi connectivity index (χ1v) is 8.64. The van der Waals surface area contributed by atoms with Crippen molar-refractivity contribution in [2.75, 3.05) is 30.4 Å². The molecular weight excluding hydrogens is 290 g/mol. The van der Waals surface area contributed by atoms with Crippen LogP contribution in [-0.4, -0.2) is 25.3 Å². The summed E-state index contributed by atoms with van der Waals surface area (Å²) in [5.41, 5.74) is 7.10. The zero-order chi connectivity index (χ0) is 14.8. The summed E-state index contributed by atoms with van der Waals surface area (Å²) >= 11 is 3.01. The standard InChI is InChI=1S/C14H21N3OS2/c1-4-7-16-12(18)10-9(15)11(19-3)13(20-10)17-8-14(2)5-6-14/h4,17H,1,5-8,15H2,2-3H3,(H,16,18). The number of nitrogens with two attached hydrogens (primary N) is 1. The Labute approximate surface area is 128 Å². The van der Waals surface area contributed by atoms with Gasteiger partial charge in [-0.3, -0.25) is 4.79 Å². The van der Waals surface area contributed by atoms with Crippen molar-refractivity contribution in [1.82, 2.24) is 5.32 Å². The van der Waals surface area contributed by atoms with Crippen LogP contribution in [0.3, 0.4) is 0 Å². The molecule has 20 heavy (non-hydrogen) atoms. The summed E-state index contributed by atoms with van der Waals surface area (Å²) < 4.78 is 0. The van der Waals surface area contributed by atoms with Crippen molar-refractivity contribution in [1.29, 1.82) is 0 Å². The SMILES string of the molecule is C=CCNC(=O)c1sc(NCC2(C)CC2)c(SC)c1N. The Morgan fingerprint density at radius 3 is 2.85 bits per heavy atom. The molecule has 0 radical (unpaired) electrons. The molecular formula is C14H21N3OS2. The largest absolute Gasteiger partial charge is 0.396 e. The Bertz CT molecular complexity index is 521. The van der Waals surface area contributed by atoms with Crippen LogP contribution in [0.1, 0.15) is 29.4 Å². The first-order chi connectivity index (χ1) is 9.50. The number of carbonyl (C=O) groups is 1. The molecule has 1 saturated carbocycles. The topological polar surface area (TPSA) is 67.2 Å². The van der Waals surface area contributed by atoms with Gasteiger partial charge in [0.1, 0.15) is 9.88 Å². The number of hydrogen-bond donors (Lipinski definition) is 3. The van der Waals surface area contributed by atoms with Crippen LogP contribution in [0.4, 0.5) is 10.7 Å². The molecule has 110 valence electrons. The van der Waals surface area contributed by atoms with Crippen LogP contribution in [0.15, 0.2) is 17.6 Å². The number of anilines is 2. The van der Waals surface area contributed by atoms with E-state index >= 15 is 0 Å². The molecule has 1 amide bonds. The van der Waals surface area contributed by atoms with Crippen molar-refractivity contribution in [2.45, 2.75) is 24.7 Å². The lowest BCUT2D eigenvalue weighted by Crippen LogP contribution is -2.23. The van der Waals surface area contributed by atoms with E-state index in [2.05, 4.69) is 24.1 Å². The van der Waals surface area contributed by atoms with E-state index in [1.807, 2.05) is 6.26 Å². The van der Waals surface area contributed by atoms with Crippen molar-refractivity contribution < 1.29 is 4.79 Å². The lowest BCUT2D eigenvalue weighted by atomic mass is 10.1. The van der Waals surface area contributed by atoms with Gasteiger partial charge in [-0.25, -0.2) is 0 Å². The summed E-state index contributed by atoms with van der Waals surface area (Å²) in [5, 5.41) is 7.24. The summed E-state index contributed by atoms with van der Waals surface area (Å²) in [4.78, 5) is 13.6. The van der Waals surface area contributed by atoms with E-state index in [4.69, 9.17) is 5.73 Å². The quantitative estimate of drug-likeness (QED) is 0.534. The Kier molecular flexibility index (Phi) is 4.65. The van der Waals surface area contributed by atoms with E-state index in [9.17, 15) is 4.79 Å². The van der Waals surface area contributed by atoms with Crippen LogP contribution in [0.25, 0.3) is 0 Å². The summed E-state index contributed by atoms with van der Waals surface area (Å²) in [6, 6.07) is 0. The first-order valence-electron chi connectivity index (χ1n) is 6.60. The lowest BCUT2D eigenvalue weighted by molar-refractivity contribution is 0.0963.